The molecule has 198 valence electrons. The number of hydrogen-bond donors (Lipinski definition) is 2. The van der Waals surface area contributed by atoms with Crippen LogP contribution in [0.3, 0.4) is 0 Å². The van der Waals surface area contributed by atoms with Gasteiger partial charge in [0.1, 0.15) is 5.75 Å². The molecule has 2 N–H and O–H groups in total. The third-order valence-electron chi connectivity index (χ3n) is 7.11. The second-order valence-electron chi connectivity index (χ2n) is 10.0. The van der Waals surface area contributed by atoms with Crippen molar-refractivity contribution in [1.29, 1.82) is 0 Å². The van der Waals surface area contributed by atoms with E-state index in [0.29, 0.717) is 12.0 Å². The lowest BCUT2D eigenvalue weighted by Crippen LogP contribution is -2.34. The Hall–Kier alpha value is -3.20. The Morgan fingerprint density at radius 1 is 0.892 bits per heavy atom. The Morgan fingerprint density at radius 2 is 1.57 bits per heavy atom. The van der Waals surface area contributed by atoms with Crippen molar-refractivity contribution in [3.05, 3.63) is 96.3 Å². The summed E-state index contributed by atoms with van der Waals surface area (Å²) in [5.74, 6) is 2.25. The number of nitrogens with one attached hydrogen (secondary N) is 2. The van der Waals surface area contributed by atoms with Crippen molar-refractivity contribution in [2.45, 2.75) is 84.6 Å². The molecule has 0 saturated carbocycles. The number of ether oxygens (including phenoxy) is 1. The van der Waals surface area contributed by atoms with Crippen molar-refractivity contribution in [3.8, 4) is 16.9 Å². The molecule has 1 aliphatic rings. The minimum absolute atomic E-state index is 0.297. The van der Waals surface area contributed by atoms with Gasteiger partial charge in [-0.3, -0.25) is 0 Å². The summed E-state index contributed by atoms with van der Waals surface area (Å²) in [5, 5.41) is 7.02. The fourth-order valence-electron chi connectivity index (χ4n) is 4.79. The highest BCUT2D eigenvalue weighted by molar-refractivity contribution is 5.66. The predicted molar refractivity (Wildman–Crippen MR) is 160 cm³/mol. The average Bonchev–Trinajstić information content (AvgIpc) is 2.95. The van der Waals surface area contributed by atoms with Crippen LogP contribution in [0.1, 0.15) is 83.3 Å². The second kappa shape index (κ2) is 15.1. The van der Waals surface area contributed by atoms with E-state index in [9.17, 15) is 0 Å². The molecule has 0 bridgehead atoms. The lowest BCUT2D eigenvalue weighted by Gasteiger charge is -2.28. The SMILES string of the molecule is C=C(Nc1ccc(-c2ccccc2)cc1)NC(CC)C(C)c1ccc2c(c1)CCCO2.CCCCCC. The second-order valence-corrected chi connectivity index (χ2v) is 10.0. The van der Waals surface area contributed by atoms with Gasteiger partial charge in [0.25, 0.3) is 0 Å². The zero-order valence-electron chi connectivity index (χ0n) is 23.4. The maximum atomic E-state index is 5.77. The fourth-order valence-corrected chi connectivity index (χ4v) is 4.79. The molecule has 0 fully saturated rings. The first kappa shape index (κ1) is 28.4. The summed E-state index contributed by atoms with van der Waals surface area (Å²) < 4.78 is 5.77. The first-order chi connectivity index (χ1) is 18.0. The van der Waals surface area contributed by atoms with E-state index in [-0.39, 0.29) is 0 Å². The maximum Gasteiger partial charge on any atom is 0.122 e. The quantitative estimate of drug-likeness (QED) is 0.258. The molecular weight excluding hydrogens is 452 g/mol. The summed E-state index contributed by atoms with van der Waals surface area (Å²) in [6, 6.07) is 25.9. The number of anilines is 1. The van der Waals surface area contributed by atoms with Crippen LogP contribution in [0.25, 0.3) is 11.1 Å². The Bertz CT molecular complexity index is 1070. The molecule has 0 aromatic heterocycles. The standard InChI is InChI=1S/C28H32N2O.C6H14/c1-4-27(20(2)24-14-17-28-25(19-24)11-8-18-31-28)30-21(3)29-26-15-12-23(13-16-26)22-9-6-5-7-10-22;1-3-5-6-4-2/h5-7,9-10,12-17,19-20,27,29-30H,3-4,8,11,18H2,1-2H3;3-6H2,1-2H3. The Morgan fingerprint density at radius 3 is 2.22 bits per heavy atom. The van der Waals surface area contributed by atoms with Gasteiger partial charge in [0.15, 0.2) is 0 Å². The van der Waals surface area contributed by atoms with Gasteiger partial charge in [0.2, 0.25) is 0 Å². The summed E-state index contributed by atoms with van der Waals surface area (Å²) >= 11 is 0. The first-order valence-electron chi connectivity index (χ1n) is 14.2. The first-order valence-corrected chi connectivity index (χ1v) is 14.2. The maximum absolute atomic E-state index is 5.77. The monoisotopic (exact) mass is 498 g/mol. The van der Waals surface area contributed by atoms with Crippen LogP contribution in [0, 0.1) is 0 Å². The molecule has 3 nitrogen and oxygen atoms in total. The summed E-state index contributed by atoms with van der Waals surface area (Å²) in [5.41, 5.74) is 6.15. The van der Waals surface area contributed by atoms with Crippen LogP contribution in [-0.2, 0) is 6.42 Å². The normalized spacial score (nSPS) is 13.7. The Balaban J connectivity index is 0.000000568. The molecule has 3 aromatic carbocycles. The fraction of sp³-hybridized carbons (Fsp3) is 0.412. The predicted octanol–water partition coefficient (Wildman–Crippen LogP) is 9.32. The molecule has 2 atom stereocenters. The Kier molecular flexibility index (Phi) is 11.6. The lowest BCUT2D eigenvalue weighted by molar-refractivity contribution is 0.288. The van der Waals surface area contributed by atoms with Crippen molar-refractivity contribution in [3.63, 3.8) is 0 Å². The third-order valence-corrected chi connectivity index (χ3v) is 7.11. The van der Waals surface area contributed by atoms with Crippen LogP contribution < -0.4 is 15.4 Å². The molecule has 2 unspecified atom stereocenters. The van der Waals surface area contributed by atoms with Gasteiger partial charge in [-0.1, -0.05) is 115 Å². The van der Waals surface area contributed by atoms with Crippen LogP contribution >= 0.6 is 0 Å². The van der Waals surface area contributed by atoms with Crippen molar-refractivity contribution in [2.24, 2.45) is 0 Å². The minimum Gasteiger partial charge on any atom is -0.493 e. The highest BCUT2D eigenvalue weighted by Crippen LogP contribution is 2.30. The van der Waals surface area contributed by atoms with Gasteiger partial charge in [0, 0.05) is 17.6 Å². The van der Waals surface area contributed by atoms with Crippen LogP contribution in [-0.4, -0.2) is 12.6 Å². The number of fused-ring (bicyclic) bond motifs is 1. The zero-order chi connectivity index (χ0) is 26.5. The molecule has 1 heterocycles. The van der Waals surface area contributed by atoms with Gasteiger partial charge in [-0.2, -0.15) is 0 Å². The molecule has 0 spiro atoms. The molecule has 3 aromatic rings. The van der Waals surface area contributed by atoms with E-state index in [1.54, 1.807) is 0 Å². The number of benzene rings is 3. The number of unbranched alkanes of at least 4 members (excludes halogenated alkanes) is 3. The molecular formula is C34H46N2O. The van der Waals surface area contributed by atoms with Crippen LogP contribution in [0.2, 0.25) is 0 Å². The van der Waals surface area contributed by atoms with Crippen LogP contribution in [0.15, 0.2) is 85.2 Å². The highest BCUT2D eigenvalue weighted by atomic mass is 16.5. The minimum atomic E-state index is 0.297. The third kappa shape index (κ3) is 8.70. The zero-order valence-corrected chi connectivity index (χ0v) is 23.4. The van der Waals surface area contributed by atoms with Gasteiger partial charge < -0.3 is 15.4 Å². The van der Waals surface area contributed by atoms with Crippen LogP contribution in [0.5, 0.6) is 5.75 Å². The molecule has 0 saturated heterocycles. The number of aryl methyl sites for hydroxylation is 1. The molecule has 0 amide bonds. The van der Waals surface area contributed by atoms with Gasteiger partial charge in [-0.05, 0) is 59.7 Å². The van der Waals surface area contributed by atoms with Gasteiger partial charge >= 0.3 is 0 Å². The smallest absolute Gasteiger partial charge is 0.122 e. The summed E-state index contributed by atoms with van der Waals surface area (Å²) in [4.78, 5) is 0. The molecule has 0 radical (unpaired) electrons. The summed E-state index contributed by atoms with van der Waals surface area (Å²) in [7, 11) is 0. The molecule has 3 heteroatoms. The summed E-state index contributed by atoms with van der Waals surface area (Å²) in [6.07, 6.45) is 8.76. The van der Waals surface area contributed by atoms with Gasteiger partial charge in [-0.25, -0.2) is 0 Å². The number of hydrogen-bond acceptors (Lipinski definition) is 3. The van der Waals surface area contributed by atoms with E-state index in [1.165, 1.54) is 47.9 Å². The van der Waals surface area contributed by atoms with E-state index >= 15 is 0 Å². The average molecular weight is 499 g/mol. The molecule has 0 aliphatic carbocycles. The van der Waals surface area contributed by atoms with Crippen molar-refractivity contribution in [1.82, 2.24) is 5.32 Å². The Labute approximate surface area is 225 Å². The molecule has 4 rings (SSSR count). The van der Waals surface area contributed by atoms with Gasteiger partial charge in [0.05, 0.1) is 12.4 Å². The van der Waals surface area contributed by atoms with E-state index in [1.807, 2.05) is 6.07 Å². The molecule has 37 heavy (non-hydrogen) atoms. The lowest BCUT2D eigenvalue weighted by atomic mass is 9.89. The van der Waals surface area contributed by atoms with Crippen molar-refractivity contribution >= 4 is 5.69 Å². The van der Waals surface area contributed by atoms with E-state index in [0.717, 1.165) is 43.1 Å². The van der Waals surface area contributed by atoms with Gasteiger partial charge in [-0.15, -0.1) is 0 Å². The van der Waals surface area contributed by atoms with Crippen molar-refractivity contribution < 1.29 is 4.74 Å². The van der Waals surface area contributed by atoms with E-state index in [2.05, 4.69) is 112 Å². The van der Waals surface area contributed by atoms with Crippen LogP contribution in [0.4, 0.5) is 5.69 Å². The summed E-state index contributed by atoms with van der Waals surface area (Å²) in [6.45, 7) is 14.0. The van der Waals surface area contributed by atoms with Crippen molar-refractivity contribution in [2.75, 3.05) is 11.9 Å². The largest absolute Gasteiger partial charge is 0.493 e. The number of rotatable bonds is 11. The van der Waals surface area contributed by atoms with E-state index in [4.69, 9.17) is 4.74 Å². The topological polar surface area (TPSA) is 33.3 Å². The molecule has 1 aliphatic heterocycles. The van der Waals surface area contributed by atoms with E-state index < -0.39 is 0 Å². The highest BCUT2D eigenvalue weighted by Gasteiger charge is 2.20.